The zero-order chi connectivity index (χ0) is 19.4. The molecule has 1 unspecified atom stereocenters. The first kappa shape index (κ1) is 20.1. The molecule has 2 saturated heterocycles. The van der Waals surface area contributed by atoms with E-state index in [0.29, 0.717) is 19.0 Å². The lowest BCUT2D eigenvalue weighted by atomic mass is 9.76. The van der Waals surface area contributed by atoms with Crippen LogP contribution in [0.4, 0.5) is 4.79 Å². The molecule has 0 bridgehead atoms. The van der Waals surface area contributed by atoms with E-state index in [1.807, 2.05) is 4.90 Å². The van der Waals surface area contributed by atoms with Crippen molar-refractivity contribution in [2.45, 2.75) is 51.5 Å². The van der Waals surface area contributed by atoms with Crippen LogP contribution < -0.4 is 5.32 Å². The number of methoxy groups -OCH3 is 1. The quantitative estimate of drug-likeness (QED) is 0.764. The summed E-state index contributed by atoms with van der Waals surface area (Å²) in [5, 5.41) is 7.21. The number of aromatic nitrogens is 2. The van der Waals surface area contributed by atoms with Crippen molar-refractivity contribution < 1.29 is 14.1 Å². The van der Waals surface area contributed by atoms with Gasteiger partial charge in [0.15, 0.2) is 5.82 Å². The number of ether oxygens (including phenoxy) is 1. The van der Waals surface area contributed by atoms with Gasteiger partial charge in [-0.3, -0.25) is 4.90 Å². The average Bonchev–Trinajstić information content (AvgIpc) is 3.24. The van der Waals surface area contributed by atoms with Crippen molar-refractivity contribution in [1.82, 2.24) is 25.3 Å². The summed E-state index contributed by atoms with van der Waals surface area (Å²) in [7, 11) is 3.82. The van der Waals surface area contributed by atoms with Crippen LogP contribution in [0.15, 0.2) is 4.52 Å². The van der Waals surface area contributed by atoms with Gasteiger partial charge in [-0.05, 0) is 38.1 Å². The van der Waals surface area contributed by atoms with Gasteiger partial charge >= 0.3 is 6.03 Å². The Morgan fingerprint density at radius 1 is 1.41 bits per heavy atom. The number of piperidine rings is 1. The molecule has 1 spiro atoms. The van der Waals surface area contributed by atoms with Gasteiger partial charge < -0.3 is 19.5 Å². The number of hydrogen-bond acceptors (Lipinski definition) is 6. The standard InChI is InChI=1S/C19H33N5O3/c1-14(2)17-21-16(22-27-17)15-12-19(13-23(15)3)6-9-24(10-7-19)18(25)20-8-5-11-26-4/h14-15H,5-13H2,1-4H3,(H,20,25). The molecule has 27 heavy (non-hydrogen) atoms. The molecule has 8 heteroatoms. The van der Waals surface area contributed by atoms with Crippen LogP contribution in [-0.2, 0) is 4.74 Å². The minimum atomic E-state index is 0.0450. The van der Waals surface area contributed by atoms with Crippen LogP contribution in [0, 0.1) is 5.41 Å². The average molecular weight is 380 g/mol. The van der Waals surface area contributed by atoms with E-state index in [2.05, 4.69) is 41.3 Å². The van der Waals surface area contributed by atoms with Gasteiger partial charge in [0.2, 0.25) is 5.89 Å². The predicted octanol–water partition coefficient (Wildman–Crippen LogP) is 2.40. The van der Waals surface area contributed by atoms with Gasteiger partial charge in [0, 0.05) is 45.8 Å². The monoisotopic (exact) mass is 379 g/mol. The molecule has 0 aromatic carbocycles. The fraction of sp³-hybridized carbons (Fsp3) is 0.842. The normalized spacial score (nSPS) is 22.7. The molecule has 3 heterocycles. The maximum absolute atomic E-state index is 12.3. The summed E-state index contributed by atoms with van der Waals surface area (Å²) < 4.78 is 10.4. The first-order valence-corrected chi connectivity index (χ1v) is 9.99. The van der Waals surface area contributed by atoms with E-state index in [1.54, 1.807) is 7.11 Å². The Labute approximate surface area is 161 Å². The van der Waals surface area contributed by atoms with Gasteiger partial charge in [0.05, 0.1) is 6.04 Å². The fourth-order valence-corrected chi connectivity index (χ4v) is 4.25. The predicted molar refractivity (Wildman–Crippen MR) is 102 cm³/mol. The molecule has 152 valence electrons. The Morgan fingerprint density at radius 3 is 2.78 bits per heavy atom. The number of urea groups is 1. The molecule has 0 saturated carbocycles. The van der Waals surface area contributed by atoms with Crippen LogP contribution in [0.1, 0.15) is 63.2 Å². The minimum Gasteiger partial charge on any atom is -0.385 e. The van der Waals surface area contributed by atoms with Crippen LogP contribution in [0.2, 0.25) is 0 Å². The number of likely N-dealkylation sites (tertiary alicyclic amines) is 2. The van der Waals surface area contributed by atoms with Crippen molar-refractivity contribution in [1.29, 1.82) is 0 Å². The molecule has 1 N–H and O–H groups in total. The van der Waals surface area contributed by atoms with Crippen molar-refractivity contribution in [2.24, 2.45) is 5.41 Å². The molecule has 0 aliphatic carbocycles. The highest BCUT2D eigenvalue weighted by Gasteiger charge is 2.46. The minimum absolute atomic E-state index is 0.0450. The highest BCUT2D eigenvalue weighted by molar-refractivity contribution is 5.74. The van der Waals surface area contributed by atoms with E-state index in [4.69, 9.17) is 9.26 Å². The van der Waals surface area contributed by atoms with Crippen LogP contribution in [0.3, 0.4) is 0 Å². The number of nitrogens with one attached hydrogen (secondary N) is 1. The van der Waals surface area contributed by atoms with E-state index in [-0.39, 0.29) is 23.4 Å². The molecule has 2 aliphatic heterocycles. The first-order valence-electron chi connectivity index (χ1n) is 9.99. The maximum Gasteiger partial charge on any atom is 0.317 e. The molecular weight excluding hydrogens is 346 g/mol. The first-order chi connectivity index (χ1) is 12.9. The smallest absolute Gasteiger partial charge is 0.317 e. The summed E-state index contributed by atoms with van der Waals surface area (Å²) in [5.41, 5.74) is 0.241. The molecule has 0 radical (unpaired) electrons. The molecule has 1 aromatic heterocycles. The Hall–Kier alpha value is -1.67. The SMILES string of the molecule is COCCCNC(=O)N1CCC2(CC1)CC(c1noc(C(C)C)n1)N(C)C2. The zero-order valence-corrected chi connectivity index (χ0v) is 17.0. The molecule has 3 rings (SSSR count). The topological polar surface area (TPSA) is 83.7 Å². The highest BCUT2D eigenvalue weighted by atomic mass is 16.5. The van der Waals surface area contributed by atoms with Crippen molar-refractivity contribution in [3.8, 4) is 0 Å². The van der Waals surface area contributed by atoms with E-state index in [1.165, 1.54) is 0 Å². The third kappa shape index (κ3) is 4.60. The van der Waals surface area contributed by atoms with Gasteiger partial charge in [-0.25, -0.2) is 4.79 Å². The van der Waals surface area contributed by atoms with E-state index in [0.717, 1.165) is 51.1 Å². The van der Waals surface area contributed by atoms with Crippen LogP contribution in [0.5, 0.6) is 0 Å². The molecule has 2 aliphatic rings. The summed E-state index contributed by atoms with van der Waals surface area (Å²) in [6, 6.07) is 0.249. The van der Waals surface area contributed by atoms with Crippen LogP contribution >= 0.6 is 0 Å². The van der Waals surface area contributed by atoms with Crippen molar-refractivity contribution in [2.75, 3.05) is 46.9 Å². The third-order valence-corrected chi connectivity index (χ3v) is 5.91. The van der Waals surface area contributed by atoms with Gasteiger partial charge in [-0.1, -0.05) is 19.0 Å². The van der Waals surface area contributed by atoms with E-state index >= 15 is 0 Å². The lowest BCUT2D eigenvalue weighted by Gasteiger charge is -2.39. The molecule has 8 nitrogen and oxygen atoms in total. The third-order valence-electron chi connectivity index (χ3n) is 5.91. The van der Waals surface area contributed by atoms with Gasteiger partial charge in [0.25, 0.3) is 0 Å². The fourth-order valence-electron chi connectivity index (χ4n) is 4.25. The Morgan fingerprint density at radius 2 is 2.15 bits per heavy atom. The lowest BCUT2D eigenvalue weighted by Crippen LogP contribution is -2.48. The number of hydrogen-bond donors (Lipinski definition) is 1. The second kappa shape index (κ2) is 8.56. The van der Waals surface area contributed by atoms with Crippen molar-refractivity contribution in [3.63, 3.8) is 0 Å². The van der Waals surface area contributed by atoms with Gasteiger partial charge in [-0.2, -0.15) is 4.98 Å². The van der Waals surface area contributed by atoms with Crippen LogP contribution in [0.25, 0.3) is 0 Å². The summed E-state index contributed by atoms with van der Waals surface area (Å²) >= 11 is 0. The van der Waals surface area contributed by atoms with Gasteiger partial charge in [0.1, 0.15) is 0 Å². The van der Waals surface area contributed by atoms with Crippen LogP contribution in [-0.4, -0.2) is 72.9 Å². The van der Waals surface area contributed by atoms with E-state index < -0.39 is 0 Å². The largest absolute Gasteiger partial charge is 0.385 e. The van der Waals surface area contributed by atoms with Crippen molar-refractivity contribution in [3.05, 3.63) is 11.7 Å². The summed E-state index contributed by atoms with van der Waals surface area (Å²) in [5.74, 6) is 1.76. The zero-order valence-electron chi connectivity index (χ0n) is 17.0. The number of rotatable bonds is 6. The molecule has 2 amide bonds. The summed E-state index contributed by atoms with van der Waals surface area (Å²) in [6.07, 6.45) is 3.92. The number of nitrogens with zero attached hydrogens (tertiary/aromatic N) is 4. The van der Waals surface area contributed by atoms with E-state index in [9.17, 15) is 4.79 Å². The lowest BCUT2D eigenvalue weighted by molar-refractivity contribution is 0.121. The Balaban J connectivity index is 1.53. The Bertz CT molecular complexity index is 625. The highest BCUT2D eigenvalue weighted by Crippen LogP contribution is 2.47. The Kier molecular flexibility index (Phi) is 6.37. The number of carbonyl (C=O) groups is 1. The molecule has 1 atom stereocenters. The second-order valence-electron chi connectivity index (χ2n) is 8.35. The molecular formula is C19H33N5O3. The molecule has 2 fully saturated rings. The number of amides is 2. The second-order valence-corrected chi connectivity index (χ2v) is 8.35. The molecule has 1 aromatic rings. The van der Waals surface area contributed by atoms with Crippen molar-refractivity contribution >= 4 is 6.03 Å². The number of carbonyl (C=O) groups excluding carboxylic acids is 1. The summed E-state index contributed by atoms with van der Waals surface area (Å²) in [4.78, 5) is 21.2. The maximum atomic E-state index is 12.3. The van der Waals surface area contributed by atoms with Gasteiger partial charge in [-0.15, -0.1) is 0 Å². The summed E-state index contributed by atoms with van der Waals surface area (Å²) in [6.45, 7) is 8.09.